The maximum absolute atomic E-state index is 2.49. The molecule has 0 N–H and O–H groups in total. The Kier molecular flexibility index (Phi) is 7.98. The van der Waals surface area contributed by atoms with Crippen LogP contribution in [-0.4, -0.2) is 0 Å². The van der Waals surface area contributed by atoms with Crippen molar-refractivity contribution in [2.45, 2.75) is 53.7 Å². The molecule has 7 aromatic carbocycles. The summed E-state index contributed by atoms with van der Waals surface area (Å²) in [7, 11) is 0. The van der Waals surface area contributed by atoms with Crippen LogP contribution >= 0.6 is 11.8 Å². The fourth-order valence-electron chi connectivity index (χ4n) is 11.0. The summed E-state index contributed by atoms with van der Waals surface area (Å²) in [6.07, 6.45) is 8.54. The summed E-state index contributed by atoms with van der Waals surface area (Å²) in [4.78, 5) is 7.45. The zero-order valence-corrected chi connectivity index (χ0v) is 31.8. The van der Waals surface area contributed by atoms with Crippen LogP contribution in [-0.2, 0) is 5.41 Å². The molecule has 12 rings (SSSR count). The topological polar surface area (TPSA) is 6.48 Å². The molecule has 0 aromatic heterocycles. The highest BCUT2D eigenvalue weighted by Gasteiger charge is 2.51. The molecule has 0 amide bonds. The molecular weight excluding hydrogens is 685 g/mol. The van der Waals surface area contributed by atoms with Crippen LogP contribution in [0.2, 0.25) is 0 Å². The summed E-state index contributed by atoms with van der Waals surface area (Å²) in [5.41, 5.74) is 13.9. The van der Waals surface area contributed by atoms with Crippen LogP contribution in [0.15, 0.2) is 186 Å². The van der Waals surface area contributed by atoms with Crippen molar-refractivity contribution in [2.75, 3.05) is 9.80 Å². The SMILES string of the molecule is c1ccc(-c2ccc(N(c3ccc(N4c5ccccc5Sc5ccccc54)cc3)c3ccc(C45CC6CC(CC(C6)C4)C5)cc3)c(-c3ccccc3)c2)cc1. The number of fused-ring (bicyclic) bond motifs is 2. The molecule has 1 aliphatic heterocycles. The van der Waals surface area contributed by atoms with E-state index in [1.54, 1.807) is 5.56 Å². The number of para-hydroxylation sites is 2. The molecule has 7 aromatic rings. The van der Waals surface area contributed by atoms with Crippen LogP contribution in [0, 0.1) is 17.8 Å². The van der Waals surface area contributed by atoms with Gasteiger partial charge in [0.25, 0.3) is 0 Å². The summed E-state index contributed by atoms with van der Waals surface area (Å²) < 4.78 is 0. The van der Waals surface area contributed by atoms with Crippen molar-refractivity contribution in [3.05, 3.63) is 181 Å². The van der Waals surface area contributed by atoms with Gasteiger partial charge in [0.2, 0.25) is 0 Å². The van der Waals surface area contributed by atoms with Gasteiger partial charge >= 0.3 is 0 Å². The minimum atomic E-state index is 0.367. The average Bonchev–Trinajstić information content (AvgIpc) is 3.24. The largest absolute Gasteiger partial charge is 0.310 e. The Balaban J connectivity index is 1.04. The first kappa shape index (κ1) is 32.9. The van der Waals surface area contributed by atoms with E-state index >= 15 is 0 Å². The third-order valence-corrected chi connectivity index (χ3v) is 14.1. The zero-order chi connectivity index (χ0) is 36.3. The van der Waals surface area contributed by atoms with Gasteiger partial charge in [-0.3, -0.25) is 0 Å². The predicted octanol–water partition coefficient (Wildman–Crippen LogP) is 14.9. The number of rotatable bonds is 7. The van der Waals surface area contributed by atoms with Crippen LogP contribution in [0.4, 0.5) is 34.1 Å². The summed E-state index contributed by atoms with van der Waals surface area (Å²) in [5, 5.41) is 0. The zero-order valence-electron chi connectivity index (χ0n) is 31.0. The van der Waals surface area contributed by atoms with Gasteiger partial charge in [0.05, 0.1) is 17.1 Å². The molecular formula is C52H44N2S. The van der Waals surface area contributed by atoms with E-state index in [0.717, 1.165) is 29.1 Å². The van der Waals surface area contributed by atoms with E-state index < -0.39 is 0 Å². The Hall–Kier alpha value is -5.51. The Morgan fingerprint density at radius 1 is 0.473 bits per heavy atom. The lowest BCUT2D eigenvalue weighted by Gasteiger charge is -2.57. The molecule has 4 bridgehead atoms. The Morgan fingerprint density at radius 2 is 0.982 bits per heavy atom. The van der Waals surface area contributed by atoms with E-state index in [-0.39, 0.29) is 0 Å². The highest BCUT2D eigenvalue weighted by atomic mass is 32.2. The first-order valence-electron chi connectivity index (χ1n) is 20.1. The van der Waals surface area contributed by atoms with Crippen molar-refractivity contribution < 1.29 is 0 Å². The molecule has 4 fully saturated rings. The molecule has 0 unspecified atom stereocenters. The lowest BCUT2D eigenvalue weighted by Crippen LogP contribution is -2.48. The third-order valence-electron chi connectivity index (χ3n) is 13.0. The van der Waals surface area contributed by atoms with Gasteiger partial charge in [-0.2, -0.15) is 0 Å². The van der Waals surface area contributed by atoms with Gasteiger partial charge < -0.3 is 9.80 Å². The quantitative estimate of drug-likeness (QED) is 0.161. The molecule has 2 nitrogen and oxygen atoms in total. The van der Waals surface area contributed by atoms with Crippen molar-refractivity contribution in [1.82, 2.24) is 0 Å². The van der Waals surface area contributed by atoms with Gasteiger partial charge in [0.1, 0.15) is 0 Å². The average molecular weight is 729 g/mol. The molecule has 3 heteroatoms. The molecule has 55 heavy (non-hydrogen) atoms. The summed E-state index contributed by atoms with van der Waals surface area (Å²) in [5.74, 6) is 2.78. The molecule has 1 heterocycles. The monoisotopic (exact) mass is 728 g/mol. The van der Waals surface area contributed by atoms with E-state index in [1.165, 1.54) is 93.3 Å². The van der Waals surface area contributed by atoms with Crippen LogP contribution < -0.4 is 9.80 Å². The smallest absolute Gasteiger partial charge is 0.0601 e. The van der Waals surface area contributed by atoms with Crippen LogP contribution in [0.1, 0.15) is 44.1 Å². The fourth-order valence-corrected chi connectivity index (χ4v) is 12.0. The highest BCUT2D eigenvalue weighted by Crippen LogP contribution is 2.61. The fraction of sp³-hybridized carbons (Fsp3) is 0.192. The van der Waals surface area contributed by atoms with Crippen molar-refractivity contribution >= 4 is 45.9 Å². The Morgan fingerprint density at radius 3 is 1.56 bits per heavy atom. The van der Waals surface area contributed by atoms with Gasteiger partial charge in [-0.25, -0.2) is 0 Å². The Bertz CT molecular complexity index is 2410. The minimum absolute atomic E-state index is 0.367. The van der Waals surface area contributed by atoms with E-state index in [9.17, 15) is 0 Å². The first-order valence-corrected chi connectivity index (χ1v) is 20.9. The van der Waals surface area contributed by atoms with Gasteiger partial charge in [-0.05, 0) is 157 Å². The second-order valence-corrected chi connectivity index (χ2v) is 17.5. The summed E-state index contributed by atoms with van der Waals surface area (Å²) >= 11 is 1.85. The molecule has 5 aliphatic rings. The lowest BCUT2D eigenvalue weighted by atomic mass is 9.48. The molecule has 4 saturated carbocycles. The van der Waals surface area contributed by atoms with E-state index in [4.69, 9.17) is 0 Å². The molecule has 268 valence electrons. The van der Waals surface area contributed by atoms with Crippen LogP contribution in [0.25, 0.3) is 22.3 Å². The predicted molar refractivity (Wildman–Crippen MR) is 231 cm³/mol. The van der Waals surface area contributed by atoms with Gasteiger partial charge in [-0.15, -0.1) is 0 Å². The summed E-state index contributed by atoms with van der Waals surface area (Å²) in [6, 6.07) is 65.2. The van der Waals surface area contributed by atoms with Gasteiger partial charge in [0.15, 0.2) is 0 Å². The van der Waals surface area contributed by atoms with Crippen LogP contribution in [0.3, 0.4) is 0 Å². The number of hydrogen-bond donors (Lipinski definition) is 0. The molecule has 0 radical (unpaired) electrons. The first-order chi connectivity index (χ1) is 27.2. The number of hydrogen-bond acceptors (Lipinski definition) is 3. The maximum Gasteiger partial charge on any atom is 0.0601 e. The second kappa shape index (κ2) is 13.4. The second-order valence-electron chi connectivity index (χ2n) is 16.4. The summed E-state index contributed by atoms with van der Waals surface area (Å²) in [6.45, 7) is 0. The van der Waals surface area contributed by atoms with E-state index in [2.05, 4.69) is 186 Å². The number of benzene rings is 7. The number of anilines is 6. The van der Waals surface area contributed by atoms with Crippen molar-refractivity contribution in [1.29, 1.82) is 0 Å². The molecule has 4 aliphatic carbocycles. The third kappa shape index (κ3) is 5.79. The lowest BCUT2D eigenvalue weighted by molar-refractivity contribution is -0.00518. The normalized spacial score (nSPS) is 21.9. The van der Waals surface area contributed by atoms with Gasteiger partial charge in [-0.1, -0.05) is 115 Å². The van der Waals surface area contributed by atoms with Crippen molar-refractivity contribution in [2.24, 2.45) is 17.8 Å². The highest BCUT2D eigenvalue weighted by molar-refractivity contribution is 7.99. The standard InChI is InChI=1S/C52H44N2S/c1-3-11-39(12-4-1)41-19-28-47(46(32-41)40-13-5-2-6-14-40)53(43-22-20-42(21-23-43)52-33-36-29-37(34-52)31-38(30-36)35-52)44-24-26-45(27-25-44)54-48-15-7-9-17-50(48)55-51-18-10-8-16-49(51)54/h1-28,32,36-38H,29-31,33-35H2. The van der Waals surface area contributed by atoms with Crippen molar-refractivity contribution in [3.63, 3.8) is 0 Å². The maximum atomic E-state index is 2.49. The molecule has 0 saturated heterocycles. The number of nitrogens with zero attached hydrogens (tertiary/aromatic N) is 2. The minimum Gasteiger partial charge on any atom is -0.310 e. The van der Waals surface area contributed by atoms with E-state index in [1.807, 2.05) is 11.8 Å². The molecule has 0 spiro atoms. The van der Waals surface area contributed by atoms with Crippen molar-refractivity contribution in [3.8, 4) is 22.3 Å². The van der Waals surface area contributed by atoms with E-state index in [0.29, 0.717) is 5.41 Å². The molecule has 0 atom stereocenters. The van der Waals surface area contributed by atoms with Crippen LogP contribution in [0.5, 0.6) is 0 Å². The Labute approximate surface area is 329 Å². The van der Waals surface area contributed by atoms with Gasteiger partial charge in [0, 0.05) is 32.4 Å².